The Labute approximate surface area is 102 Å². The summed E-state index contributed by atoms with van der Waals surface area (Å²) in [5.41, 5.74) is 4.20. The van der Waals surface area contributed by atoms with E-state index in [1.165, 1.54) is 5.56 Å². The number of aryl methyl sites for hydroxylation is 1. The Balaban J connectivity index is 2.44. The molecule has 0 bridgehead atoms. The second-order valence-electron chi connectivity index (χ2n) is 3.85. The lowest BCUT2D eigenvalue weighted by Gasteiger charge is -2.06. The van der Waals surface area contributed by atoms with Gasteiger partial charge in [0, 0.05) is 11.1 Å². The Morgan fingerprint density at radius 3 is 2.06 bits per heavy atom. The molecule has 0 saturated heterocycles. The van der Waals surface area contributed by atoms with Crippen molar-refractivity contribution in [3.63, 3.8) is 0 Å². The molecule has 86 valence electrons. The summed E-state index contributed by atoms with van der Waals surface area (Å²) in [5.74, 6) is 0. The fourth-order valence-corrected chi connectivity index (χ4v) is 1.67. The summed E-state index contributed by atoms with van der Waals surface area (Å²) in [6, 6.07) is 18.3. The van der Waals surface area contributed by atoms with Crippen molar-refractivity contribution in [2.24, 2.45) is 5.16 Å². The van der Waals surface area contributed by atoms with Gasteiger partial charge in [-0.3, -0.25) is 0 Å². The van der Waals surface area contributed by atoms with Crippen LogP contribution in [0.1, 0.15) is 16.7 Å². The summed E-state index contributed by atoms with van der Waals surface area (Å²) in [4.78, 5) is 4.93. The summed E-state index contributed by atoms with van der Waals surface area (Å²) in [6.45, 7) is 2.07. The van der Waals surface area contributed by atoms with Crippen LogP contribution in [0.5, 0.6) is 0 Å². The summed E-state index contributed by atoms with van der Waals surface area (Å²) < 4.78 is 0. The smallest absolute Gasteiger partial charge is 0.117 e. The Morgan fingerprint density at radius 1 is 0.882 bits per heavy atom. The van der Waals surface area contributed by atoms with Crippen LogP contribution >= 0.6 is 0 Å². The van der Waals surface area contributed by atoms with Gasteiger partial charge >= 0.3 is 0 Å². The average Bonchev–Trinajstić information content (AvgIpc) is 2.38. The SMILES string of the molecule is CON=C(c1ccccc1)c1ccc(C)cc1. The molecule has 0 spiro atoms. The molecule has 2 heteroatoms. The molecular weight excluding hydrogens is 210 g/mol. The molecule has 2 aromatic rings. The minimum absolute atomic E-state index is 0.855. The minimum atomic E-state index is 0.855. The first-order valence-electron chi connectivity index (χ1n) is 5.55. The largest absolute Gasteiger partial charge is 0.399 e. The molecule has 0 radical (unpaired) electrons. The van der Waals surface area contributed by atoms with Crippen LogP contribution in [0.3, 0.4) is 0 Å². The lowest BCUT2D eigenvalue weighted by molar-refractivity contribution is 0.214. The highest BCUT2D eigenvalue weighted by Gasteiger charge is 2.06. The van der Waals surface area contributed by atoms with Crippen molar-refractivity contribution in [2.45, 2.75) is 6.92 Å². The predicted molar refractivity (Wildman–Crippen MR) is 70.3 cm³/mol. The maximum atomic E-state index is 4.93. The molecule has 2 aromatic carbocycles. The van der Waals surface area contributed by atoms with Crippen LogP contribution in [-0.4, -0.2) is 12.8 Å². The van der Waals surface area contributed by atoms with Crippen molar-refractivity contribution in [1.29, 1.82) is 0 Å². The lowest BCUT2D eigenvalue weighted by Crippen LogP contribution is -2.03. The Morgan fingerprint density at radius 2 is 1.47 bits per heavy atom. The molecule has 0 heterocycles. The van der Waals surface area contributed by atoms with Gasteiger partial charge in [0.2, 0.25) is 0 Å². The molecule has 0 atom stereocenters. The van der Waals surface area contributed by atoms with Gasteiger partial charge in [-0.1, -0.05) is 65.3 Å². The van der Waals surface area contributed by atoms with E-state index in [1.807, 2.05) is 30.3 Å². The molecular formula is C15H15NO. The van der Waals surface area contributed by atoms with E-state index in [-0.39, 0.29) is 0 Å². The van der Waals surface area contributed by atoms with Crippen molar-refractivity contribution >= 4 is 5.71 Å². The number of oxime groups is 1. The summed E-state index contributed by atoms with van der Waals surface area (Å²) in [5, 5.41) is 4.11. The highest BCUT2D eigenvalue weighted by Crippen LogP contribution is 2.12. The Hall–Kier alpha value is -2.09. The van der Waals surface area contributed by atoms with Gasteiger partial charge in [0.05, 0.1) is 0 Å². The van der Waals surface area contributed by atoms with Crippen LogP contribution in [0.25, 0.3) is 0 Å². The van der Waals surface area contributed by atoms with Gasteiger partial charge in [-0.05, 0) is 6.92 Å². The number of hydrogen-bond donors (Lipinski definition) is 0. The summed E-state index contributed by atoms with van der Waals surface area (Å²) in [6.07, 6.45) is 0. The second kappa shape index (κ2) is 5.30. The standard InChI is InChI=1S/C15H15NO/c1-12-8-10-14(11-9-12)15(16-17-2)13-6-4-3-5-7-13/h3-11H,1-2H3. The van der Waals surface area contributed by atoms with E-state index in [0.717, 1.165) is 16.8 Å². The lowest BCUT2D eigenvalue weighted by atomic mass is 10.0. The maximum Gasteiger partial charge on any atom is 0.117 e. The van der Waals surface area contributed by atoms with Gasteiger partial charge in [0.25, 0.3) is 0 Å². The first kappa shape index (κ1) is 11.4. The van der Waals surface area contributed by atoms with Crippen LogP contribution in [0.4, 0.5) is 0 Å². The van der Waals surface area contributed by atoms with Crippen molar-refractivity contribution in [3.8, 4) is 0 Å². The van der Waals surface area contributed by atoms with Gasteiger partial charge in [-0.25, -0.2) is 0 Å². The zero-order chi connectivity index (χ0) is 12.1. The van der Waals surface area contributed by atoms with E-state index >= 15 is 0 Å². The fraction of sp³-hybridized carbons (Fsp3) is 0.133. The zero-order valence-electron chi connectivity index (χ0n) is 10.1. The second-order valence-corrected chi connectivity index (χ2v) is 3.85. The number of rotatable bonds is 3. The highest BCUT2D eigenvalue weighted by atomic mass is 16.6. The van der Waals surface area contributed by atoms with Crippen molar-refractivity contribution in [3.05, 3.63) is 71.3 Å². The molecule has 2 rings (SSSR count). The van der Waals surface area contributed by atoms with E-state index in [2.05, 4.69) is 36.3 Å². The van der Waals surface area contributed by atoms with E-state index in [9.17, 15) is 0 Å². The van der Waals surface area contributed by atoms with Gasteiger partial charge in [0.1, 0.15) is 12.8 Å². The van der Waals surface area contributed by atoms with E-state index < -0.39 is 0 Å². The molecule has 0 N–H and O–H groups in total. The first-order valence-corrected chi connectivity index (χ1v) is 5.55. The quantitative estimate of drug-likeness (QED) is 0.579. The molecule has 0 aliphatic heterocycles. The Kier molecular flexibility index (Phi) is 3.55. The molecule has 0 saturated carbocycles. The Bertz CT molecular complexity index is 500. The van der Waals surface area contributed by atoms with Crippen LogP contribution in [0, 0.1) is 6.92 Å². The third kappa shape index (κ3) is 2.72. The fourth-order valence-electron chi connectivity index (χ4n) is 1.67. The molecule has 2 nitrogen and oxygen atoms in total. The van der Waals surface area contributed by atoms with Crippen molar-refractivity contribution < 1.29 is 4.84 Å². The predicted octanol–water partition coefficient (Wildman–Crippen LogP) is 3.39. The van der Waals surface area contributed by atoms with Gasteiger partial charge in [-0.15, -0.1) is 0 Å². The third-order valence-corrected chi connectivity index (χ3v) is 2.55. The van der Waals surface area contributed by atoms with E-state index in [1.54, 1.807) is 7.11 Å². The van der Waals surface area contributed by atoms with Crippen LogP contribution in [0.2, 0.25) is 0 Å². The molecule has 17 heavy (non-hydrogen) atoms. The molecule has 0 aromatic heterocycles. The summed E-state index contributed by atoms with van der Waals surface area (Å²) in [7, 11) is 1.57. The van der Waals surface area contributed by atoms with Gasteiger partial charge in [0.15, 0.2) is 0 Å². The van der Waals surface area contributed by atoms with Gasteiger partial charge < -0.3 is 4.84 Å². The first-order chi connectivity index (χ1) is 8.31. The number of benzene rings is 2. The highest BCUT2D eigenvalue weighted by molar-refractivity contribution is 6.12. The van der Waals surface area contributed by atoms with Gasteiger partial charge in [-0.2, -0.15) is 0 Å². The number of nitrogens with zero attached hydrogens (tertiary/aromatic N) is 1. The summed E-state index contributed by atoms with van der Waals surface area (Å²) >= 11 is 0. The van der Waals surface area contributed by atoms with E-state index in [0.29, 0.717) is 0 Å². The third-order valence-electron chi connectivity index (χ3n) is 2.55. The zero-order valence-corrected chi connectivity index (χ0v) is 10.1. The molecule has 0 amide bonds. The molecule has 0 fully saturated rings. The normalized spacial score (nSPS) is 11.3. The van der Waals surface area contributed by atoms with Crippen molar-refractivity contribution in [1.82, 2.24) is 0 Å². The topological polar surface area (TPSA) is 21.6 Å². The minimum Gasteiger partial charge on any atom is -0.399 e. The van der Waals surface area contributed by atoms with Crippen LogP contribution in [0.15, 0.2) is 59.8 Å². The molecule has 0 aliphatic rings. The number of hydrogen-bond acceptors (Lipinski definition) is 2. The monoisotopic (exact) mass is 225 g/mol. The molecule has 0 unspecified atom stereocenters. The van der Waals surface area contributed by atoms with Crippen molar-refractivity contribution in [2.75, 3.05) is 7.11 Å². The maximum absolute atomic E-state index is 4.93. The molecule has 0 aliphatic carbocycles. The average molecular weight is 225 g/mol. The van der Waals surface area contributed by atoms with Crippen LogP contribution < -0.4 is 0 Å². The van der Waals surface area contributed by atoms with Crippen LogP contribution in [-0.2, 0) is 4.84 Å². The van der Waals surface area contributed by atoms with E-state index in [4.69, 9.17) is 4.84 Å².